The highest BCUT2D eigenvalue weighted by Gasteiger charge is 2.34. The van der Waals surface area contributed by atoms with Crippen molar-refractivity contribution < 1.29 is 22.7 Å². The second-order valence-corrected chi connectivity index (χ2v) is 5.03. The number of alkyl halides is 3. The first-order valence-corrected chi connectivity index (χ1v) is 6.98. The molecule has 0 spiro atoms. The molecule has 118 valence electrons. The van der Waals surface area contributed by atoms with Crippen molar-refractivity contribution in [2.75, 3.05) is 6.61 Å². The molecular weight excluding hydrogens is 319 g/mol. The van der Waals surface area contributed by atoms with Gasteiger partial charge in [-0.15, -0.1) is 0 Å². The zero-order chi connectivity index (χ0) is 16.2. The Hall–Kier alpha value is -2.16. The summed E-state index contributed by atoms with van der Waals surface area (Å²) in [4.78, 5) is 11.7. The summed E-state index contributed by atoms with van der Waals surface area (Å²) in [5.41, 5.74) is -0.690. The molecule has 1 atom stereocenters. The predicted molar refractivity (Wildman–Crippen MR) is 73.8 cm³/mol. The van der Waals surface area contributed by atoms with Crippen molar-refractivity contribution in [1.29, 1.82) is 0 Å². The molecule has 1 N–H and O–H groups in total. The first-order valence-electron chi connectivity index (χ1n) is 6.25. The van der Waals surface area contributed by atoms with E-state index >= 15 is 0 Å². The number of hydrogen-bond acceptors (Lipinski definition) is 5. The van der Waals surface area contributed by atoms with Crippen LogP contribution in [0.3, 0.4) is 0 Å². The topological polar surface area (TPSA) is 64.1 Å². The Morgan fingerprint density at radius 2 is 2.14 bits per heavy atom. The zero-order valence-corrected chi connectivity index (χ0v) is 12.2. The number of ether oxygens (including phenoxy) is 1. The lowest BCUT2D eigenvalue weighted by molar-refractivity contribution is -0.139. The summed E-state index contributed by atoms with van der Waals surface area (Å²) in [5.74, 6) is -0.722. The summed E-state index contributed by atoms with van der Waals surface area (Å²) in [6, 6.07) is 4.43. The highest BCUT2D eigenvalue weighted by atomic mass is 32.1. The lowest BCUT2D eigenvalue weighted by atomic mass is 10.2. The van der Waals surface area contributed by atoms with E-state index in [-0.39, 0.29) is 18.1 Å². The van der Waals surface area contributed by atoms with E-state index < -0.39 is 23.7 Å². The first-order chi connectivity index (χ1) is 10.4. The van der Waals surface area contributed by atoms with Gasteiger partial charge in [0, 0.05) is 0 Å². The normalized spacial score (nSPS) is 12.7. The van der Waals surface area contributed by atoms with Crippen molar-refractivity contribution in [1.82, 2.24) is 14.1 Å². The Morgan fingerprint density at radius 1 is 1.41 bits per heavy atom. The number of hydrogen-bond donors (Lipinski definition) is 1. The molecule has 9 heteroatoms. The molecule has 5 nitrogen and oxygen atoms in total. The molecule has 0 aliphatic heterocycles. The number of carbonyl (C=O) groups excluding carboxylic acids is 1. The average molecular weight is 331 g/mol. The number of rotatable bonds is 5. The maximum Gasteiger partial charge on any atom is 0.419 e. The Labute approximate surface area is 128 Å². The van der Waals surface area contributed by atoms with Gasteiger partial charge in [0.25, 0.3) is 5.91 Å². The second kappa shape index (κ2) is 6.73. The Balaban J connectivity index is 1.94. The molecule has 0 aliphatic rings. The SMILES string of the molecule is C[C@@H](COc1ccccc1C(F)(F)F)NC(=O)c1cnsn1. The molecule has 0 radical (unpaired) electrons. The van der Waals surface area contributed by atoms with Crippen LogP contribution in [0.1, 0.15) is 23.0 Å². The summed E-state index contributed by atoms with van der Waals surface area (Å²) >= 11 is 0.893. The lowest BCUT2D eigenvalue weighted by Gasteiger charge is -2.17. The fourth-order valence-electron chi connectivity index (χ4n) is 1.65. The second-order valence-electron chi connectivity index (χ2n) is 4.47. The fraction of sp³-hybridized carbons (Fsp3) is 0.308. The Kier molecular flexibility index (Phi) is 4.96. The molecule has 0 aliphatic carbocycles. The van der Waals surface area contributed by atoms with Crippen molar-refractivity contribution in [3.8, 4) is 5.75 Å². The van der Waals surface area contributed by atoms with Gasteiger partial charge in [-0.25, -0.2) is 0 Å². The molecule has 1 amide bonds. The lowest BCUT2D eigenvalue weighted by Crippen LogP contribution is -2.37. The molecule has 0 fully saturated rings. The number of amides is 1. The van der Waals surface area contributed by atoms with Crippen LogP contribution in [0.25, 0.3) is 0 Å². The number of aromatic nitrogens is 2. The summed E-state index contributed by atoms with van der Waals surface area (Å²) in [6.45, 7) is 1.52. The van der Waals surface area contributed by atoms with E-state index in [1.807, 2.05) is 0 Å². The van der Waals surface area contributed by atoms with Crippen LogP contribution in [-0.4, -0.2) is 27.3 Å². The number of nitrogens with zero attached hydrogens (tertiary/aromatic N) is 2. The molecule has 22 heavy (non-hydrogen) atoms. The molecule has 1 aromatic heterocycles. The van der Waals surface area contributed by atoms with Gasteiger partial charge in [-0.3, -0.25) is 4.79 Å². The van der Waals surface area contributed by atoms with Crippen LogP contribution in [0.2, 0.25) is 0 Å². The number of benzene rings is 1. The monoisotopic (exact) mass is 331 g/mol. The number of halogens is 3. The van der Waals surface area contributed by atoms with Gasteiger partial charge in [-0.05, 0) is 19.1 Å². The molecule has 2 aromatic rings. The van der Waals surface area contributed by atoms with E-state index in [0.717, 1.165) is 17.8 Å². The summed E-state index contributed by atoms with van der Waals surface area (Å²) in [5, 5.41) is 2.57. The van der Waals surface area contributed by atoms with E-state index in [0.29, 0.717) is 0 Å². The van der Waals surface area contributed by atoms with Gasteiger partial charge >= 0.3 is 6.18 Å². The van der Waals surface area contributed by atoms with Gasteiger partial charge < -0.3 is 10.1 Å². The molecule has 0 saturated heterocycles. The quantitative estimate of drug-likeness (QED) is 0.915. The Bertz CT molecular complexity index is 632. The van der Waals surface area contributed by atoms with E-state index in [2.05, 4.69) is 14.1 Å². The van der Waals surface area contributed by atoms with Crippen molar-refractivity contribution in [2.45, 2.75) is 19.1 Å². The Morgan fingerprint density at radius 3 is 2.77 bits per heavy atom. The van der Waals surface area contributed by atoms with Gasteiger partial charge in [-0.1, -0.05) is 12.1 Å². The zero-order valence-electron chi connectivity index (χ0n) is 11.4. The number of para-hydroxylation sites is 1. The standard InChI is InChI=1S/C13H12F3N3O2S/c1-8(18-12(20)10-6-17-22-19-10)7-21-11-5-3-2-4-9(11)13(14,15)16/h2-6,8H,7H2,1H3,(H,18,20)/t8-/m0/s1. The van der Waals surface area contributed by atoms with Crippen molar-refractivity contribution in [3.63, 3.8) is 0 Å². The molecule has 1 aromatic carbocycles. The van der Waals surface area contributed by atoms with Crippen molar-refractivity contribution in [2.24, 2.45) is 0 Å². The van der Waals surface area contributed by atoms with Crippen LogP contribution in [0, 0.1) is 0 Å². The minimum Gasteiger partial charge on any atom is -0.491 e. The van der Waals surface area contributed by atoms with Crippen molar-refractivity contribution >= 4 is 17.6 Å². The molecular formula is C13H12F3N3O2S. The third-order valence-electron chi connectivity index (χ3n) is 2.65. The largest absolute Gasteiger partial charge is 0.491 e. The molecule has 2 rings (SSSR count). The van der Waals surface area contributed by atoms with Crippen LogP contribution in [0.5, 0.6) is 5.75 Å². The van der Waals surface area contributed by atoms with E-state index in [4.69, 9.17) is 4.74 Å². The van der Waals surface area contributed by atoms with Crippen LogP contribution < -0.4 is 10.1 Å². The van der Waals surface area contributed by atoms with Gasteiger partial charge in [0.2, 0.25) is 0 Å². The van der Waals surface area contributed by atoms with Crippen LogP contribution >= 0.6 is 11.7 Å². The fourth-order valence-corrected chi connectivity index (χ4v) is 2.06. The maximum atomic E-state index is 12.8. The van der Waals surface area contributed by atoms with Crippen LogP contribution in [0.15, 0.2) is 30.5 Å². The summed E-state index contributed by atoms with van der Waals surface area (Å²) in [7, 11) is 0. The summed E-state index contributed by atoms with van der Waals surface area (Å²) in [6.07, 6.45) is -3.18. The average Bonchev–Trinajstić information content (AvgIpc) is 2.98. The molecule has 0 bridgehead atoms. The van der Waals surface area contributed by atoms with Gasteiger partial charge in [-0.2, -0.15) is 21.9 Å². The van der Waals surface area contributed by atoms with Gasteiger partial charge in [0.1, 0.15) is 12.4 Å². The minimum absolute atomic E-state index is 0.101. The van der Waals surface area contributed by atoms with E-state index in [1.54, 1.807) is 6.92 Å². The smallest absolute Gasteiger partial charge is 0.419 e. The molecule has 1 heterocycles. The number of nitrogens with one attached hydrogen (secondary N) is 1. The molecule has 0 unspecified atom stereocenters. The van der Waals surface area contributed by atoms with Gasteiger partial charge in [0.05, 0.1) is 29.5 Å². The third-order valence-corrected chi connectivity index (χ3v) is 3.13. The molecule has 0 saturated carbocycles. The maximum absolute atomic E-state index is 12.8. The van der Waals surface area contributed by atoms with E-state index in [1.165, 1.54) is 24.4 Å². The van der Waals surface area contributed by atoms with Crippen LogP contribution in [-0.2, 0) is 6.18 Å². The predicted octanol–water partition coefficient (Wildman–Crippen LogP) is 2.75. The van der Waals surface area contributed by atoms with Crippen LogP contribution in [0.4, 0.5) is 13.2 Å². The first kappa shape index (κ1) is 16.2. The van der Waals surface area contributed by atoms with Crippen molar-refractivity contribution in [3.05, 3.63) is 41.7 Å². The third kappa shape index (κ3) is 4.17. The minimum atomic E-state index is -4.49. The van der Waals surface area contributed by atoms with Gasteiger partial charge in [0.15, 0.2) is 5.69 Å². The highest BCUT2D eigenvalue weighted by molar-refractivity contribution is 6.99. The van der Waals surface area contributed by atoms with E-state index in [9.17, 15) is 18.0 Å². The summed E-state index contributed by atoms with van der Waals surface area (Å²) < 4.78 is 51.0. The highest BCUT2D eigenvalue weighted by Crippen LogP contribution is 2.35. The number of carbonyl (C=O) groups is 1.